The van der Waals surface area contributed by atoms with Gasteiger partial charge in [-0.15, -0.1) is 0 Å². The molecule has 4 heterocycles. The molecular weight excluding hydrogens is 462 g/mol. The zero-order valence-corrected chi connectivity index (χ0v) is 21.0. The largest absolute Gasteiger partial charge is 0.361 e. The molecule has 0 spiro atoms. The number of aromatic nitrogens is 3. The van der Waals surface area contributed by atoms with Gasteiger partial charge in [-0.3, -0.25) is 19.7 Å². The van der Waals surface area contributed by atoms with Gasteiger partial charge in [-0.2, -0.15) is 5.26 Å². The highest BCUT2D eigenvalue weighted by molar-refractivity contribution is 5.90. The van der Waals surface area contributed by atoms with Crippen molar-refractivity contribution in [3.05, 3.63) is 83.1 Å². The van der Waals surface area contributed by atoms with Gasteiger partial charge in [-0.1, -0.05) is 6.07 Å². The number of carbonyl (C=O) groups is 1. The normalized spacial score (nSPS) is 14.2. The second-order valence-corrected chi connectivity index (χ2v) is 9.23. The Bertz CT molecular complexity index is 1510. The monoisotopic (exact) mass is 491 g/mol. The molecular formula is C29H29N7O. The van der Waals surface area contributed by atoms with Gasteiger partial charge in [0.05, 0.1) is 22.6 Å². The van der Waals surface area contributed by atoms with Crippen LogP contribution in [0.15, 0.2) is 55.0 Å². The van der Waals surface area contributed by atoms with E-state index in [-0.39, 0.29) is 5.91 Å². The Balaban J connectivity index is 1.35. The second kappa shape index (κ2) is 10.6. The van der Waals surface area contributed by atoms with E-state index in [9.17, 15) is 10.1 Å². The SMILES string of the molecule is CC(=O)N1CCN(Cc2cccc(/C=C/c3cncc(C#N)c3Nc3ccc4[nH]ccc4c3C)n2)CC1. The van der Waals surface area contributed by atoms with Crippen LogP contribution in [0.2, 0.25) is 0 Å². The number of nitrogens with one attached hydrogen (secondary N) is 2. The van der Waals surface area contributed by atoms with Gasteiger partial charge in [-0.25, -0.2) is 0 Å². The summed E-state index contributed by atoms with van der Waals surface area (Å²) in [6.07, 6.45) is 9.15. The van der Waals surface area contributed by atoms with E-state index in [1.165, 1.54) is 0 Å². The average Bonchev–Trinajstić information content (AvgIpc) is 3.40. The van der Waals surface area contributed by atoms with E-state index in [0.29, 0.717) is 11.3 Å². The molecule has 0 atom stereocenters. The van der Waals surface area contributed by atoms with Crippen molar-refractivity contribution < 1.29 is 4.79 Å². The fraction of sp³-hybridized carbons (Fsp3) is 0.241. The molecule has 4 aromatic rings. The van der Waals surface area contributed by atoms with Crippen molar-refractivity contribution in [2.75, 3.05) is 31.5 Å². The highest BCUT2D eigenvalue weighted by atomic mass is 16.2. The number of amides is 1. The van der Waals surface area contributed by atoms with Crippen molar-refractivity contribution in [1.82, 2.24) is 24.8 Å². The van der Waals surface area contributed by atoms with Crippen molar-refractivity contribution >= 4 is 40.3 Å². The van der Waals surface area contributed by atoms with Gasteiger partial charge in [0, 0.05) is 80.4 Å². The van der Waals surface area contributed by atoms with Gasteiger partial charge < -0.3 is 15.2 Å². The molecule has 8 nitrogen and oxygen atoms in total. The van der Waals surface area contributed by atoms with Gasteiger partial charge in [-0.05, 0) is 55.0 Å². The fourth-order valence-corrected chi connectivity index (χ4v) is 4.69. The van der Waals surface area contributed by atoms with Crippen LogP contribution < -0.4 is 5.32 Å². The van der Waals surface area contributed by atoms with Crippen molar-refractivity contribution in [2.45, 2.75) is 20.4 Å². The molecule has 0 unspecified atom stereocenters. The highest BCUT2D eigenvalue weighted by Gasteiger charge is 2.19. The summed E-state index contributed by atoms with van der Waals surface area (Å²) in [6, 6.07) is 14.4. The first-order chi connectivity index (χ1) is 18.0. The van der Waals surface area contributed by atoms with Crippen molar-refractivity contribution in [1.29, 1.82) is 5.26 Å². The first kappa shape index (κ1) is 24.2. The Morgan fingerprint density at radius 3 is 2.76 bits per heavy atom. The first-order valence-electron chi connectivity index (χ1n) is 12.4. The quantitative estimate of drug-likeness (QED) is 0.405. The Morgan fingerprint density at radius 1 is 1.14 bits per heavy atom. The zero-order chi connectivity index (χ0) is 25.8. The number of aryl methyl sites for hydroxylation is 1. The van der Waals surface area contributed by atoms with E-state index in [0.717, 1.165) is 71.8 Å². The number of hydrogen-bond donors (Lipinski definition) is 2. The summed E-state index contributed by atoms with van der Waals surface area (Å²) in [5, 5.41) is 14.4. The minimum absolute atomic E-state index is 0.133. The first-order valence-corrected chi connectivity index (χ1v) is 12.4. The van der Waals surface area contributed by atoms with Crippen LogP contribution in [0, 0.1) is 18.3 Å². The maximum absolute atomic E-state index is 11.6. The standard InChI is InChI=1S/C29H29N7O/c1-20-26-10-11-32-28(26)9-8-27(20)34-29-22(17-31-18-23(29)16-30)6-7-24-4-3-5-25(33-24)19-35-12-14-36(15-13-35)21(2)37/h3-11,17-18,32H,12-15,19H2,1-2H3,(H,31,34)/b7-6+. The maximum atomic E-state index is 11.6. The summed E-state index contributed by atoms with van der Waals surface area (Å²) in [7, 11) is 0. The van der Waals surface area contributed by atoms with Crippen LogP contribution in [0.4, 0.5) is 11.4 Å². The molecule has 0 bridgehead atoms. The number of pyridine rings is 2. The zero-order valence-electron chi connectivity index (χ0n) is 21.0. The van der Waals surface area contributed by atoms with Crippen LogP contribution in [-0.4, -0.2) is 56.8 Å². The molecule has 1 amide bonds. The van der Waals surface area contributed by atoms with E-state index in [4.69, 9.17) is 4.98 Å². The molecule has 1 aliphatic rings. The van der Waals surface area contributed by atoms with E-state index >= 15 is 0 Å². The third-order valence-corrected chi connectivity index (χ3v) is 6.82. The summed E-state index contributed by atoms with van der Waals surface area (Å²) in [4.78, 5) is 28.1. The Kier molecular flexibility index (Phi) is 6.97. The molecule has 2 N–H and O–H groups in total. The van der Waals surface area contributed by atoms with Crippen molar-refractivity contribution in [3.63, 3.8) is 0 Å². The lowest BCUT2D eigenvalue weighted by atomic mass is 10.1. The number of H-pyrrole nitrogens is 1. The summed E-state index contributed by atoms with van der Waals surface area (Å²) in [6.45, 7) is 7.63. The number of fused-ring (bicyclic) bond motifs is 1. The molecule has 0 radical (unpaired) electrons. The van der Waals surface area contributed by atoms with Crippen LogP contribution >= 0.6 is 0 Å². The number of nitriles is 1. The number of rotatable bonds is 6. The van der Waals surface area contributed by atoms with Crippen molar-refractivity contribution in [3.8, 4) is 6.07 Å². The number of anilines is 2. The molecule has 37 heavy (non-hydrogen) atoms. The van der Waals surface area contributed by atoms with E-state index in [1.54, 1.807) is 19.3 Å². The minimum Gasteiger partial charge on any atom is -0.361 e. The highest BCUT2D eigenvalue weighted by Crippen LogP contribution is 2.31. The topological polar surface area (TPSA) is 101 Å². The lowest BCUT2D eigenvalue weighted by Gasteiger charge is -2.33. The second-order valence-electron chi connectivity index (χ2n) is 9.23. The third-order valence-electron chi connectivity index (χ3n) is 6.82. The van der Waals surface area contributed by atoms with Crippen molar-refractivity contribution in [2.24, 2.45) is 0 Å². The molecule has 1 aromatic carbocycles. The number of piperazine rings is 1. The average molecular weight is 492 g/mol. The number of benzene rings is 1. The molecule has 5 rings (SSSR count). The molecule has 1 fully saturated rings. The predicted molar refractivity (Wildman–Crippen MR) is 146 cm³/mol. The Hall–Kier alpha value is -4.48. The Morgan fingerprint density at radius 2 is 1.97 bits per heavy atom. The summed E-state index contributed by atoms with van der Waals surface area (Å²) >= 11 is 0. The number of nitrogens with zero attached hydrogens (tertiary/aromatic N) is 5. The summed E-state index contributed by atoms with van der Waals surface area (Å²) in [5.41, 5.74) is 6.93. The molecule has 0 saturated carbocycles. The number of aromatic amines is 1. The lowest BCUT2D eigenvalue weighted by molar-refractivity contribution is -0.130. The van der Waals surface area contributed by atoms with Crippen LogP contribution in [-0.2, 0) is 11.3 Å². The summed E-state index contributed by atoms with van der Waals surface area (Å²) in [5.74, 6) is 0.133. The third kappa shape index (κ3) is 5.37. The molecule has 8 heteroatoms. The minimum atomic E-state index is 0.133. The maximum Gasteiger partial charge on any atom is 0.219 e. The van der Waals surface area contributed by atoms with Gasteiger partial charge in [0.15, 0.2) is 0 Å². The van der Waals surface area contributed by atoms with Crippen LogP contribution in [0.5, 0.6) is 0 Å². The van der Waals surface area contributed by atoms with Crippen LogP contribution in [0.1, 0.15) is 35.0 Å². The van der Waals surface area contributed by atoms with Gasteiger partial charge in [0.2, 0.25) is 5.91 Å². The molecule has 1 saturated heterocycles. The lowest BCUT2D eigenvalue weighted by Crippen LogP contribution is -2.47. The fourth-order valence-electron chi connectivity index (χ4n) is 4.69. The summed E-state index contributed by atoms with van der Waals surface area (Å²) < 4.78 is 0. The van der Waals surface area contributed by atoms with Gasteiger partial charge >= 0.3 is 0 Å². The Labute approximate surface area is 216 Å². The predicted octanol–water partition coefficient (Wildman–Crippen LogP) is 4.72. The van der Waals surface area contributed by atoms with E-state index in [1.807, 2.05) is 53.6 Å². The van der Waals surface area contributed by atoms with Crippen LogP contribution in [0.25, 0.3) is 23.1 Å². The van der Waals surface area contributed by atoms with Gasteiger partial charge in [0.1, 0.15) is 6.07 Å². The smallest absolute Gasteiger partial charge is 0.219 e. The van der Waals surface area contributed by atoms with Gasteiger partial charge in [0.25, 0.3) is 0 Å². The molecule has 3 aromatic heterocycles. The van der Waals surface area contributed by atoms with E-state index < -0.39 is 0 Å². The van der Waals surface area contributed by atoms with Crippen LogP contribution in [0.3, 0.4) is 0 Å². The molecule has 0 aliphatic carbocycles. The number of hydrogen-bond acceptors (Lipinski definition) is 6. The molecule has 186 valence electrons. The van der Waals surface area contributed by atoms with E-state index in [2.05, 4.69) is 39.2 Å². The number of carbonyl (C=O) groups excluding carboxylic acids is 1. The molecule has 1 aliphatic heterocycles.